The molecule has 1 aliphatic heterocycles. The Hall–Kier alpha value is -4.43. The van der Waals surface area contributed by atoms with Gasteiger partial charge >= 0.3 is 11.9 Å². The van der Waals surface area contributed by atoms with Gasteiger partial charge in [-0.1, -0.05) is 42.5 Å². The van der Waals surface area contributed by atoms with E-state index >= 15 is 0 Å². The Balaban J connectivity index is 1.35. The van der Waals surface area contributed by atoms with Crippen molar-refractivity contribution in [2.24, 2.45) is 0 Å². The average Bonchev–Trinajstić information content (AvgIpc) is 3.27. The number of nitrogens with zero attached hydrogens (tertiary/aromatic N) is 2. The monoisotopic (exact) mass is 565 g/mol. The molecule has 2 heterocycles. The third-order valence-electron chi connectivity index (χ3n) is 8.73. The first-order chi connectivity index (χ1) is 20.3. The predicted molar refractivity (Wildman–Crippen MR) is 161 cm³/mol. The maximum atomic E-state index is 12.1. The van der Waals surface area contributed by atoms with Crippen molar-refractivity contribution in [1.29, 1.82) is 0 Å². The molecule has 1 aromatic heterocycles. The normalized spacial score (nSPS) is 17.7. The number of pyridine rings is 1. The van der Waals surface area contributed by atoms with Gasteiger partial charge in [0.05, 0.1) is 19.6 Å². The highest BCUT2D eigenvalue weighted by atomic mass is 16.5. The van der Waals surface area contributed by atoms with Gasteiger partial charge in [0.1, 0.15) is 17.7 Å². The fourth-order valence-electron chi connectivity index (χ4n) is 6.62. The number of carbonyl (C=O) groups is 2. The molecule has 3 N–H and O–H groups in total. The number of nitrogens with two attached hydrogens (primary N) is 1. The molecular formula is C34H35N3O5. The molecule has 2 aliphatic rings. The summed E-state index contributed by atoms with van der Waals surface area (Å²) in [7, 11) is 0. The Kier molecular flexibility index (Phi) is 7.56. The van der Waals surface area contributed by atoms with E-state index in [-0.39, 0.29) is 23.9 Å². The minimum atomic E-state index is -0.893. The first-order valence-electron chi connectivity index (χ1n) is 14.5. The van der Waals surface area contributed by atoms with E-state index in [2.05, 4.69) is 46.3 Å². The van der Waals surface area contributed by atoms with E-state index < -0.39 is 5.97 Å². The molecule has 216 valence electrons. The first-order valence-corrected chi connectivity index (χ1v) is 14.5. The van der Waals surface area contributed by atoms with E-state index in [1.807, 2.05) is 37.3 Å². The van der Waals surface area contributed by atoms with Gasteiger partial charge in [-0.15, -0.1) is 0 Å². The highest BCUT2D eigenvalue weighted by molar-refractivity contribution is 5.94. The Morgan fingerprint density at radius 3 is 2.60 bits per heavy atom. The molecule has 1 saturated heterocycles. The van der Waals surface area contributed by atoms with E-state index in [1.165, 1.54) is 5.56 Å². The van der Waals surface area contributed by atoms with Gasteiger partial charge in [-0.05, 0) is 91.2 Å². The molecule has 1 atom stereocenters. The summed E-state index contributed by atoms with van der Waals surface area (Å²) in [5, 5.41) is 11.4. The number of ether oxygens (including phenoxy) is 2. The summed E-state index contributed by atoms with van der Waals surface area (Å²) in [4.78, 5) is 30.1. The molecule has 8 nitrogen and oxygen atoms in total. The zero-order chi connectivity index (χ0) is 29.3. The summed E-state index contributed by atoms with van der Waals surface area (Å²) in [5.41, 5.74) is 11.2. The van der Waals surface area contributed by atoms with Crippen LogP contribution in [-0.4, -0.2) is 53.2 Å². The van der Waals surface area contributed by atoms with Crippen LogP contribution in [0.3, 0.4) is 0 Å². The van der Waals surface area contributed by atoms with Crippen LogP contribution in [0.25, 0.3) is 21.9 Å². The van der Waals surface area contributed by atoms with Crippen molar-refractivity contribution < 1.29 is 24.2 Å². The lowest BCUT2D eigenvalue weighted by molar-refractivity contribution is -0.145. The predicted octanol–water partition coefficient (Wildman–Crippen LogP) is 5.53. The highest BCUT2D eigenvalue weighted by Gasteiger charge is 2.47. The lowest BCUT2D eigenvalue weighted by atomic mass is 9.73. The molecule has 0 bridgehead atoms. The number of aromatic nitrogens is 1. The number of carbonyl (C=O) groups excluding carboxylic acids is 1. The molecule has 6 rings (SSSR count). The van der Waals surface area contributed by atoms with E-state index in [9.17, 15) is 14.7 Å². The summed E-state index contributed by atoms with van der Waals surface area (Å²) >= 11 is 0. The van der Waals surface area contributed by atoms with Crippen molar-refractivity contribution in [3.8, 4) is 16.9 Å². The van der Waals surface area contributed by atoms with Crippen LogP contribution in [0.15, 0.2) is 72.9 Å². The summed E-state index contributed by atoms with van der Waals surface area (Å²) in [6.45, 7) is 4.09. The van der Waals surface area contributed by atoms with Gasteiger partial charge in [-0.25, -0.2) is 4.98 Å². The Morgan fingerprint density at radius 2 is 1.81 bits per heavy atom. The molecule has 42 heavy (non-hydrogen) atoms. The van der Waals surface area contributed by atoms with Crippen LogP contribution in [0.4, 0.5) is 5.82 Å². The molecule has 0 unspecified atom stereocenters. The number of hydrogen-bond donors (Lipinski definition) is 2. The summed E-state index contributed by atoms with van der Waals surface area (Å²) in [6, 6.07) is 22.2. The van der Waals surface area contributed by atoms with Crippen molar-refractivity contribution in [2.45, 2.75) is 44.1 Å². The van der Waals surface area contributed by atoms with Gasteiger partial charge in [0.2, 0.25) is 0 Å². The van der Waals surface area contributed by atoms with Crippen LogP contribution in [0.1, 0.15) is 49.0 Å². The number of anilines is 1. The first kappa shape index (κ1) is 27.7. The SMILES string of the molecule is CCOC(=O)CN1CCC2(CC1)C[C@@H](Oc1ccccc1CC(=O)O)c1cc(-c3ccc4ccnc(N)c4c3)ccc12. The Labute approximate surface area is 245 Å². The summed E-state index contributed by atoms with van der Waals surface area (Å²) in [5.74, 6) is 0.0194. The average molecular weight is 566 g/mol. The smallest absolute Gasteiger partial charge is 0.320 e. The molecule has 0 radical (unpaired) electrons. The van der Waals surface area contributed by atoms with E-state index in [1.54, 1.807) is 6.20 Å². The standard InChI is InChI=1S/C34H35N3O5/c1-2-41-32(40)21-37-15-12-34(13-16-37)20-30(42-29-6-4-3-5-25(29)19-31(38)39)27-18-24(9-10-28(27)34)23-8-7-22-11-14-36-33(35)26(22)17-23/h3-11,14,17-18,30H,2,12-13,15-16,19-21H2,1H3,(H2,35,36)(H,38,39)/t30-/m1/s1. The van der Waals surface area contributed by atoms with Gasteiger partial charge in [0.25, 0.3) is 0 Å². The van der Waals surface area contributed by atoms with Crippen LogP contribution in [0.5, 0.6) is 5.75 Å². The molecule has 8 heteroatoms. The molecule has 0 amide bonds. The minimum Gasteiger partial charge on any atom is -0.485 e. The molecule has 1 spiro atoms. The maximum absolute atomic E-state index is 12.1. The highest BCUT2D eigenvalue weighted by Crippen LogP contribution is 2.53. The van der Waals surface area contributed by atoms with Gasteiger partial charge in [-0.3, -0.25) is 14.5 Å². The Bertz CT molecular complexity index is 1640. The number of benzene rings is 3. The third kappa shape index (κ3) is 5.42. The fourth-order valence-corrected chi connectivity index (χ4v) is 6.62. The second-order valence-electron chi connectivity index (χ2n) is 11.3. The number of likely N-dealkylation sites (tertiary alicyclic amines) is 1. The van der Waals surface area contributed by atoms with Crippen molar-refractivity contribution in [1.82, 2.24) is 9.88 Å². The number of para-hydroxylation sites is 1. The van der Waals surface area contributed by atoms with E-state index in [0.717, 1.165) is 59.8 Å². The van der Waals surface area contributed by atoms with Crippen molar-refractivity contribution in [2.75, 3.05) is 32.0 Å². The zero-order valence-corrected chi connectivity index (χ0v) is 23.7. The Morgan fingerprint density at radius 1 is 1.05 bits per heavy atom. The lowest BCUT2D eigenvalue weighted by Crippen LogP contribution is -2.44. The van der Waals surface area contributed by atoms with Crippen molar-refractivity contribution >= 4 is 28.5 Å². The van der Waals surface area contributed by atoms with E-state index in [4.69, 9.17) is 15.2 Å². The number of hydrogen-bond acceptors (Lipinski definition) is 7. The van der Waals surface area contributed by atoms with Crippen LogP contribution in [0.2, 0.25) is 0 Å². The number of rotatable bonds is 8. The molecule has 1 aliphatic carbocycles. The van der Waals surface area contributed by atoms with Crippen LogP contribution < -0.4 is 10.5 Å². The zero-order valence-electron chi connectivity index (χ0n) is 23.7. The quantitative estimate of drug-likeness (QED) is 0.268. The summed E-state index contributed by atoms with van der Waals surface area (Å²) < 4.78 is 11.9. The van der Waals surface area contributed by atoms with Gasteiger partial charge < -0.3 is 20.3 Å². The summed E-state index contributed by atoms with van der Waals surface area (Å²) in [6.07, 6.45) is 3.96. The maximum Gasteiger partial charge on any atom is 0.320 e. The topological polar surface area (TPSA) is 115 Å². The van der Waals surface area contributed by atoms with Gasteiger partial charge in [0.15, 0.2) is 0 Å². The van der Waals surface area contributed by atoms with Crippen molar-refractivity contribution in [3.63, 3.8) is 0 Å². The minimum absolute atomic E-state index is 0.0941. The number of carboxylic acids is 1. The second-order valence-corrected chi connectivity index (χ2v) is 11.3. The number of aliphatic carboxylic acids is 1. The van der Waals surface area contributed by atoms with Crippen LogP contribution >= 0.6 is 0 Å². The molecule has 0 saturated carbocycles. The van der Waals surface area contributed by atoms with Crippen LogP contribution in [-0.2, 0) is 26.2 Å². The number of fused-ring (bicyclic) bond motifs is 3. The lowest BCUT2D eigenvalue weighted by Gasteiger charge is -2.40. The molecule has 4 aromatic rings. The van der Waals surface area contributed by atoms with Crippen LogP contribution in [0, 0.1) is 0 Å². The molecule has 1 fully saturated rings. The molecule has 3 aromatic carbocycles. The molecular weight excluding hydrogens is 530 g/mol. The largest absolute Gasteiger partial charge is 0.485 e. The van der Waals surface area contributed by atoms with Crippen molar-refractivity contribution in [3.05, 3.63) is 89.6 Å². The van der Waals surface area contributed by atoms with Gasteiger partial charge in [-0.2, -0.15) is 0 Å². The second kappa shape index (κ2) is 11.4. The number of piperidine rings is 1. The van der Waals surface area contributed by atoms with E-state index in [0.29, 0.717) is 30.3 Å². The number of carboxylic acid groups (broad SMARTS) is 1. The number of nitrogen functional groups attached to an aromatic ring is 1. The number of esters is 1. The third-order valence-corrected chi connectivity index (χ3v) is 8.73. The fraction of sp³-hybridized carbons (Fsp3) is 0.324. The van der Waals surface area contributed by atoms with Gasteiger partial charge in [0, 0.05) is 22.6 Å².